The number of benzene rings is 2. The Morgan fingerprint density at radius 1 is 0.769 bits per heavy atom. The van der Waals surface area contributed by atoms with Crippen LogP contribution in [0.2, 0.25) is 0 Å². The van der Waals surface area contributed by atoms with Crippen LogP contribution in [-0.2, 0) is 9.78 Å². The average molecular weight is 353 g/mol. The molecule has 0 atom stereocenters. The lowest BCUT2D eigenvalue weighted by Gasteiger charge is -2.06. The van der Waals surface area contributed by atoms with Crippen molar-refractivity contribution >= 4 is 5.97 Å². The van der Waals surface area contributed by atoms with Gasteiger partial charge in [0.25, 0.3) is 0 Å². The molecule has 3 heteroatoms. The minimum absolute atomic E-state index is 0.447. The molecule has 0 aliphatic carbocycles. The Kier molecular flexibility index (Phi) is 9.52. The summed E-state index contributed by atoms with van der Waals surface area (Å²) in [6.07, 6.45) is 9.29. The summed E-state index contributed by atoms with van der Waals surface area (Å²) < 4.78 is 0. The van der Waals surface area contributed by atoms with Gasteiger partial charge in [-0.2, -0.15) is 4.89 Å². The number of unbranched alkanes of at least 4 members (excludes halogenated alkanes) is 7. The summed E-state index contributed by atoms with van der Waals surface area (Å²) in [5.74, 6) is -0.448. The van der Waals surface area contributed by atoms with Crippen LogP contribution in [0.15, 0.2) is 54.6 Å². The molecule has 0 bridgehead atoms. The molecule has 0 N–H and O–H groups in total. The van der Waals surface area contributed by atoms with Crippen LogP contribution in [0.3, 0.4) is 0 Å². The third-order valence-electron chi connectivity index (χ3n) is 4.32. The Balaban J connectivity index is 1.64. The molecular formula is C23H29O3. The largest absolute Gasteiger partial charge is 0.373 e. The van der Waals surface area contributed by atoms with Crippen LogP contribution in [-0.4, -0.2) is 12.6 Å². The normalized spacial score (nSPS) is 10.7. The van der Waals surface area contributed by atoms with E-state index >= 15 is 0 Å². The molecule has 0 amide bonds. The summed E-state index contributed by atoms with van der Waals surface area (Å²) >= 11 is 0. The highest BCUT2D eigenvalue weighted by molar-refractivity contribution is 5.90. The van der Waals surface area contributed by atoms with E-state index in [0.717, 1.165) is 30.4 Å². The van der Waals surface area contributed by atoms with Crippen molar-refractivity contribution in [3.8, 4) is 11.1 Å². The van der Waals surface area contributed by atoms with Gasteiger partial charge in [0, 0.05) is 0 Å². The van der Waals surface area contributed by atoms with E-state index in [4.69, 9.17) is 9.78 Å². The standard InChI is InChI=1S/C23H29O3/c1-2-3-4-5-6-7-8-12-18-25-26-23(24)22-17-13-16-21(19-22)20-14-10-9-11-15-20/h9-11,13-17,19H,1-8,12,18H2. The average Bonchev–Trinajstić information content (AvgIpc) is 2.70. The lowest BCUT2D eigenvalue weighted by molar-refractivity contribution is -0.241. The minimum Gasteiger partial charge on any atom is -0.293 e. The second-order valence-corrected chi connectivity index (χ2v) is 6.47. The number of carbonyl (C=O) groups excluding carboxylic acids is 1. The molecule has 0 unspecified atom stereocenters. The van der Waals surface area contributed by atoms with E-state index in [1.165, 1.54) is 32.1 Å². The van der Waals surface area contributed by atoms with Crippen molar-refractivity contribution in [1.82, 2.24) is 0 Å². The van der Waals surface area contributed by atoms with Crippen LogP contribution < -0.4 is 0 Å². The van der Waals surface area contributed by atoms with Crippen LogP contribution in [0.25, 0.3) is 11.1 Å². The summed E-state index contributed by atoms with van der Waals surface area (Å²) in [4.78, 5) is 22.1. The zero-order valence-corrected chi connectivity index (χ0v) is 15.5. The van der Waals surface area contributed by atoms with Crippen molar-refractivity contribution in [2.24, 2.45) is 0 Å². The first kappa shape index (κ1) is 20.2. The molecule has 0 spiro atoms. The van der Waals surface area contributed by atoms with Gasteiger partial charge in [0.2, 0.25) is 0 Å². The fraction of sp³-hybridized carbons (Fsp3) is 0.391. The molecule has 1 radical (unpaired) electrons. The number of hydrogen-bond acceptors (Lipinski definition) is 3. The van der Waals surface area contributed by atoms with Crippen LogP contribution in [0.4, 0.5) is 0 Å². The molecule has 2 aromatic rings. The minimum atomic E-state index is -0.448. The summed E-state index contributed by atoms with van der Waals surface area (Å²) in [6, 6.07) is 17.3. The first-order valence-electron chi connectivity index (χ1n) is 9.60. The molecule has 0 aromatic heterocycles. The van der Waals surface area contributed by atoms with Gasteiger partial charge in [-0.15, -0.1) is 0 Å². The van der Waals surface area contributed by atoms with Crippen LogP contribution in [0.5, 0.6) is 0 Å². The van der Waals surface area contributed by atoms with Crippen LogP contribution >= 0.6 is 0 Å². The first-order chi connectivity index (χ1) is 12.8. The Morgan fingerprint density at radius 2 is 1.42 bits per heavy atom. The van der Waals surface area contributed by atoms with Crippen LogP contribution in [0, 0.1) is 6.92 Å². The molecule has 0 aliphatic rings. The maximum absolute atomic E-state index is 12.1. The lowest BCUT2D eigenvalue weighted by atomic mass is 10.0. The molecule has 0 saturated heterocycles. The molecule has 0 heterocycles. The lowest BCUT2D eigenvalue weighted by Crippen LogP contribution is -2.07. The Hall–Kier alpha value is -2.13. The molecule has 139 valence electrons. The van der Waals surface area contributed by atoms with Crippen LogP contribution in [0.1, 0.15) is 61.7 Å². The molecule has 2 rings (SSSR count). The molecule has 26 heavy (non-hydrogen) atoms. The van der Waals surface area contributed by atoms with Crippen molar-refractivity contribution in [2.45, 2.75) is 51.4 Å². The van der Waals surface area contributed by atoms with Gasteiger partial charge < -0.3 is 0 Å². The molecule has 0 saturated carbocycles. The SMILES string of the molecule is [CH2]CCCCCCCCCOOC(=O)c1cccc(-c2ccccc2)c1. The van der Waals surface area contributed by atoms with Gasteiger partial charge in [0.05, 0.1) is 12.2 Å². The second-order valence-electron chi connectivity index (χ2n) is 6.47. The first-order valence-corrected chi connectivity index (χ1v) is 9.60. The number of hydrogen-bond donors (Lipinski definition) is 0. The third-order valence-corrected chi connectivity index (χ3v) is 4.32. The van der Waals surface area contributed by atoms with E-state index in [2.05, 4.69) is 6.92 Å². The topological polar surface area (TPSA) is 35.5 Å². The summed E-state index contributed by atoms with van der Waals surface area (Å²) in [5, 5.41) is 0. The quantitative estimate of drug-likeness (QED) is 0.252. The van der Waals surface area contributed by atoms with E-state index in [9.17, 15) is 4.79 Å². The summed E-state index contributed by atoms with van der Waals surface area (Å²) in [7, 11) is 0. The fourth-order valence-electron chi connectivity index (χ4n) is 2.82. The number of rotatable bonds is 12. The fourth-order valence-corrected chi connectivity index (χ4v) is 2.82. The van der Waals surface area contributed by atoms with Crippen molar-refractivity contribution < 1.29 is 14.6 Å². The highest BCUT2D eigenvalue weighted by Gasteiger charge is 2.09. The van der Waals surface area contributed by atoms with E-state index < -0.39 is 5.97 Å². The molecule has 2 aromatic carbocycles. The van der Waals surface area contributed by atoms with Crippen molar-refractivity contribution in [2.75, 3.05) is 6.61 Å². The highest BCUT2D eigenvalue weighted by Crippen LogP contribution is 2.20. The third kappa shape index (κ3) is 7.40. The predicted octanol–water partition coefficient (Wildman–Crippen LogP) is 6.40. The van der Waals surface area contributed by atoms with Gasteiger partial charge >= 0.3 is 5.97 Å². The Morgan fingerprint density at radius 3 is 2.15 bits per heavy atom. The molecule has 0 aliphatic heterocycles. The maximum Gasteiger partial charge on any atom is 0.373 e. The van der Waals surface area contributed by atoms with E-state index in [0.29, 0.717) is 12.2 Å². The van der Waals surface area contributed by atoms with E-state index in [-0.39, 0.29) is 0 Å². The zero-order valence-electron chi connectivity index (χ0n) is 15.5. The van der Waals surface area contributed by atoms with Crippen molar-refractivity contribution in [3.05, 3.63) is 67.1 Å². The Labute approximate surface area is 157 Å². The van der Waals surface area contributed by atoms with Gasteiger partial charge in [-0.1, -0.05) is 94.3 Å². The maximum atomic E-state index is 12.1. The molecular weight excluding hydrogens is 324 g/mol. The monoisotopic (exact) mass is 353 g/mol. The summed E-state index contributed by atoms with van der Waals surface area (Å²) in [5.41, 5.74) is 2.55. The predicted molar refractivity (Wildman–Crippen MR) is 106 cm³/mol. The zero-order chi connectivity index (χ0) is 18.5. The Bertz CT molecular complexity index is 637. The molecule has 0 fully saturated rings. The smallest absolute Gasteiger partial charge is 0.293 e. The van der Waals surface area contributed by atoms with Gasteiger partial charge in [0.1, 0.15) is 0 Å². The van der Waals surface area contributed by atoms with E-state index in [1.54, 1.807) is 6.07 Å². The highest BCUT2D eigenvalue weighted by atomic mass is 17.2. The summed E-state index contributed by atoms with van der Waals surface area (Å²) in [6.45, 7) is 4.30. The van der Waals surface area contributed by atoms with Crippen molar-refractivity contribution in [1.29, 1.82) is 0 Å². The van der Waals surface area contributed by atoms with Gasteiger partial charge in [-0.25, -0.2) is 4.79 Å². The molecule has 3 nitrogen and oxygen atoms in total. The number of carbonyl (C=O) groups is 1. The van der Waals surface area contributed by atoms with Gasteiger partial charge in [-0.3, -0.25) is 4.89 Å². The van der Waals surface area contributed by atoms with Crippen molar-refractivity contribution in [3.63, 3.8) is 0 Å². The van der Waals surface area contributed by atoms with Gasteiger partial charge in [0.15, 0.2) is 0 Å². The van der Waals surface area contributed by atoms with Gasteiger partial charge in [-0.05, 0) is 29.7 Å². The second kappa shape index (κ2) is 12.3. The van der Waals surface area contributed by atoms with E-state index in [1.807, 2.05) is 48.5 Å².